The Balaban J connectivity index is 0. The molecule has 0 aromatic carbocycles. The summed E-state index contributed by atoms with van der Waals surface area (Å²) in [6.45, 7) is 1.55. The molecule has 4 nitrogen and oxygen atoms in total. The van der Waals surface area contributed by atoms with Gasteiger partial charge in [-0.25, -0.2) is 0 Å². The van der Waals surface area contributed by atoms with Gasteiger partial charge in [-0.1, -0.05) is 0 Å². The summed E-state index contributed by atoms with van der Waals surface area (Å²) in [6, 6.07) is 0. The van der Waals surface area contributed by atoms with Crippen LogP contribution < -0.4 is 34.5 Å². The Morgan fingerprint density at radius 1 is 1.80 bits per heavy atom. The molecular weight excluding hydrogens is 166 g/mol. The Morgan fingerprint density at radius 2 is 2.30 bits per heavy atom. The Kier molecular flexibility index (Phi) is 11.2. The van der Waals surface area contributed by atoms with Gasteiger partial charge in [-0.2, -0.15) is 0 Å². The van der Waals surface area contributed by atoms with Gasteiger partial charge in [0.15, 0.2) is 0 Å². The second-order valence-electron chi connectivity index (χ2n) is 1.69. The molecule has 0 bridgehead atoms. The average molecular weight is 176 g/mol. The van der Waals surface area contributed by atoms with Crippen molar-refractivity contribution in [2.24, 2.45) is 0 Å². The molecule has 0 radical (unpaired) electrons. The molecule has 0 amide bonds. The fourth-order valence-corrected chi connectivity index (χ4v) is 0.851. The molecule has 2 unspecified atom stereocenters. The molecular formula is C4H10NaO4P. The fourth-order valence-electron chi connectivity index (χ4n) is 0.405. The van der Waals surface area contributed by atoms with Crippen molar-refractivity contribution in [1.29, 1.82) is 0 Å². The number of hydrogen-bond acceptors (Lipinski definition) is 4. The van der Waals surface area contributed by atoms with Crippen LogP contribution in [0.25, 0.3) is 0 Å². The van der Waals surface area contributed by atoms with Crippen LogP contribution in [0.1, 0.15) is 13.3 Å². The van der Waals surface area contributed by atoms with Gasteiger partial charge >= 0.3 is 29.6 Å². The van der Waals surface area contributed by atoms with Crippen molar-refractivity contribution in [2.75, 3.05) is 6.61 Å². The van der Waals surface area contributed by atoms with Crippen LogP contribution in [-0.2, 0) is 9.09 Å². The molecule has 0 fully saturated rings. The summed E-state index contributed by atoms with van der Waals surface area (Å²) in [7, 11) is -3.07. The summed E-state index contributed by atoms with van der Waals surface area (Å²) in [5.41, 5.74) is 0. The SMILES string of the molecule is CC(CCO)O[PH](=O)[O-].[Na+]. The monoisotopic (exact) mass is 176 g/mol. The summed E-state index contributed by atoms with van der Waals surface area (Å²) in [4.78, 5) is 9.85. The maximum Gasteiger partial charge on any atom is 1.00 e. The van der Waals surface area contributed by atoms with Crippen LogP contribution in [0.3, 0.4) is 0 Å². The quantitative estimate of drug-likeness (QED) is 0.357. The molecule has 0 rings (SSSR count). The van der Waals surface area contributed by atoms with Gasteiger partial charge in [0.2, 0.25) is 0 Å². The van der Waals surface area contributed by atoms with Crippen LogP contribution in [0, 0.1) is 0 Å². The van der Waals surface area contributed by atoms with Gasteiger partial charge in [0.25, 0.3) is 0 Å². The van der Waals surface area contributed by atoms with Crippen LogP contribution >= 0.6 is 8.25 Å². The summed E-state index contributed by atoms with van der Waals surface area (Å²) < 4.78 is 14.2. The molecule has 2 atom stereocenters. The molecule has 0 aromatic heterocycles. The predicted octanol–water partition coefficient (Wildman–Crippen LogP) is -3.47. The maximum atomic E-state index is 9.85. The van der Waals surface area contributed by atoms with Crippen molar-refractivity contribution in [1.82, 2.24) is 0 Å². The van der Waals surface area contributed by atoms with Crippen molar-refractivity contribution in [3.63, 3.8) is 0 Å². The molecule has 6 heteroatoms. The van der Waals surface area contributed by atoms with E-state index in [9.17, 15) is 9.46 Å². The number of rotatable bonds is 4. The predicted molar refractivity (Wildman–Crippen MR) is 31.3 cm³/mol. The first-order valence-electron chi connectivity index (χ1n) is 2.65. The van der Waals surface area contributed by atoms with Crippen molar-refractivity contribution >= 4 is 8.25 Å². The van der Waals surface area contributed by atoms with E-state index in [-0.39, 0.29) is 42.3 Å². The average Bonchev–Trinajstić information content (AvgIpc) is 1.63. The van der Waals surface area contributed by atoms with Crippen LogP contribution in [-0.4, -0.2) is 17.8 Å². The molecule has 10 heavy (non-hydrogen) atoms. The molecule has 0 aliphatic heterocycles. The standard InChI is InChI=1S/C4H11O4P.Na/c1-4(2-3-5)8-9(6)7;/h4-5,9H,2-3H2,1H3,(H,6,7);/q;+1/p-1. The van der Waals surface area contributed by atoms with Gasteiger partial charge in [0.05, 0.1) is 6.10 Å². The van der Waals surface area contributed by atoms with Crippen LogP contribution in [0.4, 0.5) is 0 Å². The van der Waals surface area contributed by atoms with Crippen LogP contribution in [0.15, 0.2) is 0 Å². The molecule has 0 heterocycles. The van der Waals surface area contributed by atoms with E-state index in [1.54, 1.807) is 6.92 Å². The first-order valence-corrected chi connectivity index (χ1v) is 3.87. The molecule has 0 aliphatic rings. The number of aliphatic hydroxyl groups excluding tert-OH is 1. The van der Waals surface area contributed by atoms with Gasteiger partial charge in [-0.05, 0) is 13.3 Å². The zero-order valence-corrected chi connectivity index (χ0v) is 9.16. The van der Waals surface area contributed by atoms with E-state index in [1.165, 1.54) is 0 Å². The Labute approximate surface area is 82.8 Å². The summed E-state index contributed by atoms with van der Waals surface area (Å²) in [5, 5.41) is 8.28. The first-order chi connectivity index (χ1) is 4.16. The molecule has 0 spiro atoms. The third kappa shape index (κ3) is 9.11. The van der Waals surface area contributed by atoms with E-state index >= 15 is 0 Å². The fraction of sp³-hybridized carbons (Fsp3) is 1.00. The van der Waals surface area contributed by atoms with E-state index in [0.717, 1.165) is 0 Å². The minimum Gasteiger partial charge on any atom is -0.781 e. The Morgan fingerprint density at radius 3 is 2.60 bits per heavy atom. The van der Waals surface area contributed by atoms with E-state index in [4.69, 9.17) is 5.11 Å². The number of aliphatic hydroxyl groups is 1. The molecule has 0 saturated heterocycles. The van der Waals surface area contributed by atoms with E-state index in [0.29, 0.717) is 6.42 Å². The zero-order valence-electron chi connectivity index (χ0n) is 6.16. The van der Waals surface area contributed by atoms with Crippen molar-refractivity contribution in [2.45, 2.75) is 19.4 Å². The van der Waals surface area contributed by atoms with Crippen molar-refractivity contribution < 1.29 is 48.6 Å². The van der Waals surface area contributed by atoms with Gasteiger partial charge < -0.3 is 19.1 Å². The largest absolute Gasteiger partial charge is 1.00 e. The summed E-state index contributed by atoms with van der Waals surface area (Å²) in [6.07, 6.45) is -0.0301. The normalized spacial score (nSPS) is 15.5. The molecule has 0 saturated carbocycles. The molecule has 0 aromatic rings. The van der Waals surface area contributed by atoms with Gasteiger partial charge in [0, 0.05) is 6.61 Å². The second kappa shape index (κ2) is 8.21. The van der Waals surface area contributed by atoms with Crippen LogP contribution in [0.2, 0.25) is 0 Å². The second-order valence-corrected chi connectivity index (χ2v) is 2.43. The Hall–Kier alpha value is 1.11. The minimum absolute atomic E-state index is 0. The smallest absolute Gasteiger partial charge is 0.781 e. The zero-order chi connectivity index (χ0) is 7.28. The third-order valence-corrected chi connectivity index (χ3v) is 1.43. The maximum absolute atomic E-state index is 9.85. The third-order valence-electron chi connectivity index (χ3n) is 0.833. The molecule has 0 aliphatic carbocycles. The van der Waals surface area contributed by atoms with Gasteiger partial charge in [0.1, 0.15) is 8.25 Å². The van der Waals surface area contributed by atoms with E-state index < -0.39 is 8.25 Å². The van der Waals surface area contributed by atoms with Crippen LogP contribution in [0.5, 0.6) is 0 Å². The minimum atomic E-state index is -3.07. The van der Waals surface area contributed by atoms with Gasteiger partial charge in [-0.15, -0.1) is 0 Å². The topological polar surface area (TPSA) is 69.6 Å². The number of hydrogen-bond donors (Lipinski definition) is 1. The summed E-state index contributed by atoms with van der Waals surface area (Å²) >= 11 is 0. The summed E-state index contributed by atoms with van der Waals surface area (Å²) in [5.74, 6) is 0. The van der Waals surface area contributed by atoms with Gasteiger partial charge in [-0.3, -0.25) is 0 Å². The molecule has 1 N–H and O–H groups in total. The van der Waals surface area contributed by atoms with Crippen molar-refractivity contribution in [3.05, 3.63) is 0 Å². The Bertz CT molecular complexity index is 99.3. The molecule has 56 valence electrons. The van der Waals surface area contributed by atoms with Crippen molar-refractivity contribution in [3.8, 4) is 0 Å². The van der Waals surface area contributed by atoms with E-state index in [1.807, 2.05) is 0 Å². The first kappa shape index (κ1) is 13.7. The van der Waals surface area contributed by atoms with E-state index in [2.05, 4.69) is 4.52 Å².